The minimum absolute atomic E-state index is 0.171. The van der Waals surface area contributed by atoms with Gasteiger partial charge in [0.1, 0.15) is 17.1 Å². The van der Waals surface area contributed by atoms with E-state index >= 15 is 0 Å². The van der Waals surface area contributed by atoms with Crippen LogP contribution in [0.5, 0.6) is 0 Å². The molecule has 0 saturated heterocycles. The Morgan fingerprint density at radius 2 is 2.05 bits per heavy atom. The van der Waals surface area contributed by atoms with E-state index in [0.717, 1.165) is 17.0 Å². The quantitative estimate of drug-likeness (QED) is 0.541. The fourth-order valence-electron chi connectivity index (χ4n) is 2.41. The molecule has 7 heteroatoms. The fraction of sp³-hybridized carbons (Fsp3) is 0.0667. The highest BCUT2D eigenvalue weighted by molar-refractivity contribution is 5.74. The van der Waals surface area contributed by atoms with Gasteiger partial charge < -0.3 is 0 Å². The highest BCUT2D eigenvalue weighted by atomic mass is 16.1. The van der Waals surface area contributed by atoms with Crippen LogP contribution in [0.3, 0.4) is 0 Å². The molecule has 0 saturated carbocycles. The van der Waals surface area contributed by atoms with Crippen LogP contribution in [-0.4, -0.2) is 19.7 Å². The van der Waals surface area contributed by atoms with Gasteiger partial charge in [0.25, 0.3) is 5.56 Å². The number of H-pyrrole nitrogens is 1. The van der Waals surface area contributed by atoms with Crippen molar-refractivity contribution in [3.8, 4) is 0 Å². The number of rotatable bonds is 2. The van der Waals surface area contributed by atoms with Crippen LogP contribution < -0.4 is 15.5 Å². The van der Waals surface area contributed by atoms with Crippen molar-refractivity contribution in [1.82, 2.24) is 19.7 Å². The second kappa shape index (κ2) is 4.66. The largest absolute Gasteiger partial charge is 0.457 e. The molecule has 4 aromatic rings. The minimum atomic E-state index is -0.171. The highest BCUT2D eigenvalue weighted by Gasteiger charge is 2.16. The third kappa shape index (κ3) is 1.91. The number of nitrogens with one attached hydrogen (secondary N) is 2. The lowest BCUT2D eigenvalue weighted by atomic mass is 10.3. The van der Waals surface area contributed by atoms with Crippen LogP contribution in [0, 0.1) is 6.92 Å². The normalized spacial score (nSPS) is 11.1. The first-order valence-corrected chi connectivity index (χ1v) is 6.83. The number of fused-ring (bicyclic) bond motifs is 3. The Balaban J connectivity index is 1.90. The summed E-state index contributed by atoms with van der Waals surface area (Å²) < 4.78 is 3.15. The van der Waals surface area contributed by atoms with Gasteiger partial charge in [-0.3, -0.25) is 10.2 Å². The second-order valence-electron chi connectivity index (χ2n) is 4.97. The minimum Gasteiger partial charge on any atom is -0.292 e. The average Bonchev–Trinajstić information content (AvgIpc) is 2.91. The maximum atomic E-state index is 12.6. The van der Waals surface area contributed by atoms with Crippen molar-refractivity contribution in [2.75, 3.05) is 5.43 Å². The van der Waals surface area contributed by atoms with Gasteiger partial charge in [-0.2, -0.15) is 0 Å². The van der Waals surface area contributed by atoms with Gasteiger partial charge >= 0.3 is 5.78 Å². The predicted molar refractivity (Wildman–Crippen MR) is 81.5 cm³/mol. The molecule has 0 aliphatic heterocycles. The number of pyridine rings is 1. The van der Waals surface area contributed by atoms with E-state index in [1.54, 1.807) is 16.9 Å². The monoisotopic (exact) mass is 293 g/mol. The van der Waals surface area contributed by atoms with Crippen LogP contribution >= 0.6 is 0 Å². The molecule has 108 valence electrons. The van der Waals surface area contributed by atoms with Crippen molar-refractivity contribution in [3.63, 3.8) is 0 Å². The summed E-state index contributed by atoms with van der Waals surface area (Å²) in [4.78, 5) is 21.1. The van der Waals surface area contributed by atoms with Gasteiger partial charge in [-0.15, -0.1) is 4.52 Å². The Kier molecular flexibility index (Phi) is 2.65. The Hall–Kier alpha value is -3.22. The molecule has 3 heterocycles. The third-order valence-electron chi connectivity index (χ3n) is 3.42. The molecular formula is C15H13N6O+. The van der Waals surface area contributed by atoms with Crippen molar-refractivity contribution in [1.29, 1.82) is 0 Å². The smallest absolute Gasteiger partial charge is 0.292 e. The number of aromatic nitrogens is 5. The second-order valence-corrected chi connectivity index (χ2v) is 4.97. The van der Waals surface area contributed by atoms with E-state index in [1.807, 2.05) is 43.3 Å². The maximum Gasteiger partial charge on any atom is 0.457 e. The first kappa shape index (κ1) is 12.5. The van der Waals surface area contributed by atoms with Crippen molar-refractivity contribution in [3.05, 3.63) is 65.0 Å². The van der Waals surface area contributed by atoms with E-state index < -0.39 is 0 Å². The van der Waals surface area contributed by atoms with Crippen LogP contribution in [0.2, 0.25) is 0 Å². The summed E-state index contributed by atoms with van der Waals surface area (Å²) in [6, 6.07) is 11.4. The zero-order chi connectivity index (χ0) is 15.1. The van der Waals surface area contributed by atoms with Gasteiger partial charge in [-0.1, -0.05) is 28.2 Å². The summed E-state index contributed by atoms with van der Waals surface area (Å²) in [6.07, 6.45) is 3.25. The number of benzene rings is 1. The zero-order valence-corrected chi connectivity index (χ0v) is 11.8. The number of hydrogen-bond acceptors (Lipinski definition) is 4. The molecule has 4 rings (SSSR count). The number of hydrogen-bond donors (Lipinski definition) is 2. The molecule has 1 aromatic carbocycles. The van der Waals surface area contributed by atoms with E-state index in [9.17, 15) is 4.79 Å². The maximum absolute atomic E-state index is 12.6. The molecule has 22 heavy (non-hydrogen) atoms. The van der Waals surface area contributed by atoms with Crippen molar-refractivity contribution < 1.29 is 4.52 Å². The molecule has 3 aromatic heterocycles. The summed E-state index contributed by atoms with van der Waals surface area (Å²) in [6.45, 7) is 1.85. The van der Waals surface area contributed by atoms with Gasteiger partial charge in [0.05, 0.1) is 5.69 Å². The van der Waals surface area contributed by atoms with Crippen molar-refractivity contribution in [2.45, 2.75) is 6.92 Å². The fourth-order valence-corrected chi connectivity index (χ4v) is 2.41. The van der Waals surface area contributed by atoms with Crippen LogP contribution in [0.4, 0.5) is 5.69 Å². The molecule has 0 unspecified atom stereocenters. The summed E-state index contributed by atoms with van der Waals surface area (Å²) in [5.41, 5.74) is 4.46. The number of nitrogens with zero attached hydrogens (tertiary/aromatic N) is 4. The van der Waals surface area contributed by atoms with Gasteiger partial charge in [-0.25, -0.2) is 9.77 Å². The third-order valence-corrected chi connectivity index (χ3v) is 3.42. The number of aromatic amines is 1. The Labute approximate surface area is 124 Å². The van der Waals surface area contributed by atoms with Crippen LogP contribution in [0.15, 0.2) is 53.6 Å². The van der Waals surface area contributed by atoms with Crippen molar-refractivity contribution in [2.24, 2.45) is 0 Å². The molecule has 2 N–H and O–H groups in total. The average molecular weight is 293 g/mol. The first-order chi connectivity index (χ1) is 10.7. The van der Waals surface area contributed by atoms with E-state index in [-0.39, 0.29) is 5.56 Å². The molecule has 0 atom stereocenters. The van der Waals surface area contributed by atoms with Gasteiger partial charge in [0.15, 0.2) is 0 Å². The summed E-state index contributed by atoms with van der Waals surface area (Å²) in [7, 11) is 0. The number of para-hydroxylation sites is 1. The lowest BCUT2D eigenvalue weighted by Crippen LogP contribution is -2.32. The molecule has 0 spiro atoms. The SMILES string of the molecule is Cc1nc2ncc3c(=O)n(Nc4ccccc4)ccc3[n+]2[nH]1. The summed E-state index contributed by atoms with van der Waals surface area (Å²) in [5.74, 6) is 1.28. The first-order valence-electron chi connectivity index (χ1n) is 6.83. The van der Waals surface area contributed by atoms with Gasteiger partial charge in [-0.05, 0) is 18.2 Å². The Morgan fingerprint density at radius 1 is 1.23 bits per heavy atom. The van der Waals surface area contributed by atoms with Crippen LogP contribution in [0.25, 0.3) is 16.7 Å². The summed E-state index contributed by atoms with van der Waals surface area (Å²) >= 11 is 0. The lowest BCUT2D eigenvalue weighted by molar-refractivity contribution is -0.552. The van der Waals surface area contributed by atoms with Gasteiger partial charge in [0, 0.05) is 13.1 Å². The molecule has 0 fully saturated rings. The van der Waals surface area contributed by atoms with E-state index in [0.29, 0.717) is 11.2 Å². The molecular weight excluding hydrogens is 280 g/mol. The molecule has 0 aliphatic rings. The topological polar surface area (TPSA) is 79.7 Å². The molecule has 0 radical (unpaired) electrons. The standard InChI is InChI=1S/C15H12N6O/c1-10-17-15-16-9-12-13(21(15)18-10)7-8-20(14(12)22)19-11-5-3-2-4-6-11/h2-9,19H,1H3/p+1. The van der Waals surface area contributed by atoms with Crippen LogP contribution in [-0.2, 0) is 0 Å². The lowest BCUT2D eigenvalue weighted by Gasteiger charge is -2.09. The number of anilines is 1. The summed E-state index contributed by atoms with van der Waals surface area (Å²) in [5, 5.41) is 3.58. The number of aryl methyl sites for hydroxylation is 1. The Bertz CT molecular complexity index is 1030. The Morgan fingerprint density at radius 3 is 2.86 bits per heavy atom. The highest BCUT2D eigenvalue weighted by Crippen LogP contribution is 2.07. The molecule has 7 nitrogen and oxygen atoms in total. The van der Waals surface area contributed by atoms with E-state index in [4.69, 9.17) is 0 Å². The van der Waals surface area contributed by atoms with E-state index in [1.165, 1.54) is 4.68 Å². The molecule has 0 amide bonds. The van der Waals surface area contributed by atoms with E-state index in [2.05, 4.69) is 20.5 Å². The predicted octanol–water partition coefficient (Wildman–Crippen LogP) is 1.04. The molecule has 0 bridgehead atoms. The van der Waals surface area contributed by atoms with Crippen LogP contribution in [0.1, 0.15) is 5.82 Å². The zero-order valence-electron chi connectivity index (χ0n) is 11.8. The van der Waals surface area contributed by atoms with Gasteiger partial charge in [0.2, 0.25) is 5.82 Å². The molecule has 0 aliphatic carbocycles. The van der Waals surface area contributed by atoms with Crippen molar-refractivity contribution >= 4 is 22.4 Å².